The molecule has 92 valence electrons. The average molecular weight is 223 g/mol. The third kappa shape index (κ3) is 2.39. The van der Waals surface area contributed by atoms with Gasteiger partial charge in [-0.05, 0) is 23.7 Å². The largest absolute Gasteiger partial charge is 0.370 e. The smallest absolute Gasteiger partial charge is 0.188 e. The Morgan fingerprint density at radius 3 is 2.19 bits per heavy atom. The number of nitrogens with two attached hydrogens (primary N) is 1. The zero-order valence-corrected chi connectivity index (χ0v) is 11.2. The summed E-state index contributed by atoms with van der Waals surface area (Å²) in [7, 11) is 0. The van der Waals surface area contributed by atoms with E-state index in [1.54, 1.807) is 0 Å². The van der Waals surface area contributed by atoms with Crippen LogP contribution >= 0.6 is 0 Å². The molecule has 0 aromatic heterocycles. The minimum Gasteiger partial charge on any atom is -0.370 e. The van der Waals surface area contributed by atoms with Crippen molar-refractivity contribution in [3.63, 3.8) is 0 Å². The van der Waals surface area contributed by atoms with Crippen molar-refractivity contribution in [1.82, 2.24) is 5.32 Å². The van der Waals surface area contributed by atoms with E-state index < -0.39 is 0 Å². The lowest BCUT2D eigenvalue weighted by molar-refractivity contribution is 0.457. The first-order chi connectivity index (χ1) is 7.19. The summed E-state index contributed by atoms with van der Waals surface area (Å²) in [6, 6.07) is 0. The summed E-state index contributed by atoms with van der Waals surface area (Å²) in [4.78, 5) is 4.20. The van der Waals surface area contributed by atoms with Gasteiger partial charge in [0.2, 0.25) is 0 Å². The van der Waals surface area contributed by atoms with Crippen molar-refractivity contribution in [2.45, 2.75) is 34.6 Å². The van der Waals surface area contributed by atoms with Crippen LogP contribution in [-0.4, -0.2) is 19.0 Å². The molecule has 1 rings (SSSR count). The standard InChI is InChI=1S/C13H25N3/c1-9(2)7-15-11(14)16-8-10-12(3,4)13(10,5)6/h10H,1,7-8H2,2-6H3,(H3,14,15,16). The van der Waals surface area contributed by atoms with Crippen molar-refractivity contribution in [3.05, 3.63) is 12.2 Å². The third-order valence-electron chi connectivity index (χ3n) is 4.33. The van der Waals surface area contributed by atoms with Gasteiger partial charge in [-0.2, -0.15) is 0 Å². The van der Waals surface area contributed by atoms with Crippen molar-refractivity contribution in [3.8, 4) is 0 Å². The lowest BCUT2D eigenvalue weighted by atomic mass is 10.0. The van der Waals surface area contributed by atoms with E-state index in [1.165, 1.54) is 0 Å². The van der Waals surface area contributed by atoms with Crippen molar-refractivity contribution in [2.24, 2.45) is 27.5 Å². The molecule has 3 nitrogen and oxygen atoms in total. The first-order valence-electron chi connectivity index (χ1n) is 5.87. The zero-order valence-electron chi connectivity index (χ0n) is 11.2. The molecule has 0 aromatic carbocycles. The van der Waals surface area contributed by atoms with Crippen LogP contribution in [0.3, 0.4) is 0 Å². The first kappa shape index (κ1) is 13.1. The van der Waals surface area contributed by atoms with Crippen molar-refractivity contribution >= 4 is 5.96 Å². The fraction of sp³-hybridized carbons (Fsp3) is 0.769. The van der Waals surface area contributed by atoms with E-state index in [0.717, 1.165) is 12.1 Å². The summed E-state index contributed by atoms with van der Waals surface area (Å²) in [5, 5.41) is 3.20. The third-order valence-corrected chi connectivity index (χ3v) is 4.33. The summed E-state index contributed by atoms with van der Waals surface area (Å²) >= 11 is 0. The van der Waals surface area contributed by atoms with Crippen LogP contribution in [0.1, 0.15) is 34.6 Å². The Morgan fingerprint density at radius 2 is 1.81 bits per heavy atom. The molecule has 1 aliphatic carbocycles. The average Bonchev–Trinajstić information content (AvgIpc) is 2.51. The Kier molecular flexibility index (Phi) is 3.36. The Hall–Kier alpha value is -0.990. The summed E-state index contributed by atoms with van der Waals surface area (Å²) in [5.74, 6) is 1.19. The highest BCUT2D eigenvalue weighted by atomic mass is 15.1. The summed E-state index contributed by atoms with van der Waals surface area (Å²) in [6.45, 7) is 16.5. The van der Waals surface area contributed by atoms with Gasteiger partial charge < -0.3 is 11.1 Å². The van der Waals surface area contributed by atoms with Gasteiger partial charge in [0.1, 0.15) is 0 Å². The predicted octanol–water partition coefficient (Wildman–Crippen LogP) is 2.15. The van der Waals surface area contributed by atoms with Crippen LogP contribution in [0.4, 0.5) is 0 Å². The highest BCUT2D eigenvalue weighted by Crippen LogP contribution is 2.67. The molecule has 0 atom stereocenters. The molecule has 3 heteroatoms. The molecule has 0 aromatic rings. The van der Waals surface area contributed by atoms with Gasteiger partial charge in [-0.25, -0.2) is 4.99 Å². The van der Waals surface area contributed by atoms with E-state index in [1.807, 2.05) is 6.92 Å². The van der Waals surface area contributed by atoms with Crippen LogP contribution in [0, 0.1) is 16.7 Å². The Labute approximate surface area is 99.2 Å². The minimum absolute atomic E-state index is 0.397. The van der Waals surface area contributed by atoms with Crippen molar-refractivity contribution < 1.29 is 0 Å². The molecule has 3 N–H and O–H groups in total. The lowest BCUT2D eigenvalue weighted by Crippen LogP contribution is -2.34. The molecule has 0 saturated heterocycles. The molecule has 1 aliphatic rings. The number of nitrogens with one attached hydrogen (secondary N) is 1. The summed E-state index contributed by atoms with van der Waals surface area (Å²) in [6.07, 6.45) is 0. The molecule has 0 amide bonds. The van der Waals surface area contributed by atoms with Gasteiger partial charge in [-0.1, -0.05) is 39.8 Å². The summed E-state index contributed by atoms with van der Waals surface area (Å²) in [5.41, 5.74) is 7.59. The van der Waals surface area contributed by atoms with Gasteiger partial charge in [0.05, 0.1) is 6.54 Å². The number of nitrogens with zero attached hydrogens (tertiary/aromatic N) is 1. The maximum absolute atomic E-state index is 5.77. The van der Waals surface area contributed by atoms with E-state index >= 15 is 0 Å². The lowest BCUT2D eigenvalue weighted by Gasteiger charge is -2.06. The molecule has 0 unspecified atom stereocenters. The van der Waals surface area contributed by atoms with E-state index in [2.05, 4.69) is 44.6 Å². The number of hydrogen-bond donors (Lipinski definition) is 2. The van der Waals surface area contributed by atoms with Gasteiger partial charge in [-0.15, -0.1) is 0 Å². The van der Waals surface area contributed by atoms with Crippen LogP contribution in [0.2, 0.25) is 0 Å². The Balaban J connectivity index is 2.37. The molecule has 1 fully saturated rings. The van der Waals surface area contributed by atoms with E-state index in [4.69, 9.17) is 5.73 Å². The molecule has 16 heavy (non-hydrogen) atoms. The first-order valence-corrected chi connectivity index (χ1v) is 5.87. The monoisotopic (exact) mass is 223 g/mol. The fourth-order valence-corrected chi connectivity index (χ4v) is 2.33. The van der Waals surface area contributed by atoms with Gasteiger partial charge >= 0.3 is 0 Å². The Bertz CT molecular complexity index is 299. The molecule has 0 aliphatic heterocycles. The predicted molar refractivity (Wildman–Crippen MR) is 70.4 cm³/mol. The number of hydrogen-bond acceptors (Lipinski definition) is 1. The van der Waals surface area contributed by atoms with Crippen LogP contribution in [-0.2, 0) is 0 Å². The zero-order chi connectivity index (χ0) is 12.6. The summed E-state index contributed by atoms with van der Waals surface area (Å²) < 4.78 is 0. The van der Waals surface area contributed by atoms with Crippen LogP contribution in [0.5, 0.6) is 0 Å². The molecule has 0 radical (unpaired) electrons. The second-order valence-corrected chi connectivity index (χ2v) is 6.04. The highest BCUT2D eigenvalue weighted by Gasteiger charge is 2.64. The van der Waals surface area contributed by atoms with E-state index in [9.17, 15) is 0 Å². The molecule has 0 bridgehead atoms. The van der Waals surface area contributed by atoms with Crippen LogP contribution in [0.25, 0.3) is 0 Å². The van der Waals surface area contributed by atoms with Gasteiger partial charge in [0, 0.05) is 6.54 Å². The van der Waals surface area contributed by atoms with Gasteiger partial charge in [0.15, 0.2) is 5.96 Å². The van der Waals surface area contributed by atoms with Crippen molar-refractivity contribution in [2.75, 3.05) is 13.1 Å². The highest BCUT2D eigenvalue weighted by molar-refractivity contribution is 5.78. The van der Waals surface area contributed by atoms with Gasteiger partial charge in [0.25, 0.3) is 0 Å². The quantitative estimate of drug-likeness (QED) is 0.436. The van der Waals surface area contributed by atoms with E-state index in [0.29, 0.717) is 29.3 Å². The molecule has 1 saturated carbocycles. The minimum atomic E-state index is 0.397. The normalized spacial score (nSPS) is 22.9. The fourth-order valence-electron chi connectivity index (χ4n) is 2.33. The second-order valence-electron chi connectivity index (χ2n) is 6.04. The maximum Gasteiger partial charge on any atom is 0.188 e. The van der Waals surface area contributed by atoms with Crippen molar-refractivity contribution in [1.29, 1.82) is 0 Å². The number of guanidine groups is 1. The molecular formula is C13H25N3. The molecule has 0 heterocycles. The molecule has 0 spiro atoms. The second kappa shape index (κ2) is 4.11. The molecular weight excluding hydrogens is 198 g/mol. The number of rotatable bonds is 4. The topological polar surface area (TPSA) is 50.4 Å². The SMILES string of the molecule is C=C(C)CN=C(N)NCC1C(C)(C)C1(C)C. The van der Waals surface area contributed by atoms with Crippen LogP contribution < -0.4 is 11.1 Å². The van der Waals surface area contributed by atoms with E-state index in [-0.39, 0.29) is 0 Å². The number of aliphatic imine (C=N–C) groups is 1. The van der Waals surface area contributed by atoms with Crippen LogP contribution in [0.15, 0.2) is 17.1 Å². The maximum atomic E-state index is 5.77. The van der Waals surface area contributed by atoms with Gasteiger partial charge in [-0.3, -0.25) is 0 Å². The Morgan fingerprint density at radius 1 is 1.31 bits per heavy atom.